The summed E-state index contributed by atoms with van der Waals surface area (Å²) in [7, 11) is 0. The van der Waals surface area contributed by atoms with E-state index in [1.807, 2.05) is 54.1 Å². The monoisotopic (exact) mass is 434 g/mol. The van der Waals surface area contributed by atoms with E-state index in [4.69, 9.17) is 17.0 Å². The van der Waals surface area contributed by atoms with E-state index in [0.29, 0.717) is 30.5 Å². The molecule has 7 heteroatoms. The topological polar surface area (TPSA) is 59.4 Å². The molecule has 0 radical (unpaired) electrons. The first-order valence-corrected chi connectivity index (χ1v) is 10.9. The minimum Gasteiger partial charge on any atom is -0.461 e. The lowest BCUT2D eigenvalue weighted by Gasteiger charge is -2.30. The average molecular weight is 435 g/mol. The highest BCUT2D eigenvalue weighted by Crippen LogP contribution is 2.26. The number of aryl methyl sites for hydroxylation is 1. The van der Waals surface area contributed by atoms with Gasteiger partial charge in [-0.3, -0.25) is 0 Å². The number of rotatable bonds is 5. The molecule has 1 N–H and O–H groups in total. The van der Waals surface area contributed by atoms with Crippen LogP contribution < -0.4 is 5.32 Å². The highest BCUT2D eigenvalue weighted by Gasteiger charge is 2.30. The van der Waals surface area contributed by atoms with Gasteiger partial charge in [0.2, 0.25) is 0 Å². The van der Waals surface area contributed by atoms with Crippen molar-refractivity contribution in [2.24, 2.45) is 0 Å². The lowest BCUT2D eigenvalue weighted by Crippen LogP contribution is -2.42. The van der Waals surface area contributed by atoms with Crippen LogP contribution in [0.4, 0.5) is 0 Å². The molecule has 1 aliphatic heterocycles. The minimum atomic E-state index is -0.394. The smallest absolute Gasteiger partial charge is 0.359 e. The molecule has 1 aliphatic rings. The zero-order chi connectivity index (χ0) is 21.8. The van der Waals surface area contributed by atoms with Crippen LogP contribution in [0.25, 0.3) is 5.69 Å². The Balaban J connectivity index is 1.58. The second-order valence-electron chi connectivity index (χ2n) is 7.56. The second kappa shape index (κ2) is 9.31. The zero-order valence-electron chi connectivity index (χ0n) is 17.8. The van der Waals surface area contributed by atoms with E-state index in [2.05, 4.69) is 27.4 Å². The number of thiocarbonyl (C=S) groups is 1. The number of hydrogen-bond acceptors (Lipinski definition) is 4. The Hall–Kier alpha value is -3.19. The standard InChI is InChI=1S/C24H26N4O2S/c1-3-30-23(29)22-20-16-27(24(31)25-15-18-7-5-4-6-8-18)14-13-21(20)28(26-22)19-11-9-17(2)10-12-19/h4-12H,3,13-16H2,1-2H3,(H,25,31). The fourth-order valence-electron chi connectivity index (χ4n) is 3.74. The van der Waals surface area contributed by atoms with Gasteiger partial charge in [0, 0.05) is 31.6 Å². The van der Waals surface area contributed by atoms with Gasteiger partial charge in [-0.1, -0.05) is 48.0 Å². The van der Waals surface area contributed by atoms with Crippen molar-refractivity contribution in [2.45, 2.75) is 33.4 Å². The summed E-state index contributed by atoms with van der Waals surface area (Å²) in [6.45, 7) is 6.11. The number of carbonyl (C=O) groups is 1. The number of nitrogens with one attached hydrogen (secondary N) is 1. The lowest BCUT2D eigenvalue weighted by molar-refractivity contribution is 0.0517. The predicted octanol–water partition coefficient (Wildman–Crippen LogP) is 3.79. The molecular weight excluding hydrogens is 408 g/mol. The Kier molecular flexibility index (Phi) is 6.32. The molecule has 0 aliphatic carbocycles. The van der Waals surface area contributed by atoms with Gasteiger partial charge in [0.25, 0.3) is 0 Å². The molecule has 6 nitrogen and oxygen atoms in total. The van der Waals surface area contributed by atoms with E-state index in [9.17, 15) is 4.79 Å². The quantitative estimate of drug-likeness (QED) is 0.487. The van der Waals surface area contributed by atoms with Gasteiger partial charge in [0.1, 0.15) is 0 Å². The number of esters is 1. The van der Waals surface area contributed by atoms with Gasteiger partial charge in [-0.15, -0.1) is 0 Å². The number of ether oxygens (including phenoxy) is 1. The van der Waals surface area contributed by atoms with Crippen LogP contribution in [-0.4, -0.2) is 38.9 Å². The van der Waals surface area contributed by atoms with Gasteiger partial charge in [0.05, 0.1) is 18.0 Å². The first-order valence-electron chi connectivity index (χ1n) is 10.5. The molecule has 2 heterocycles. The van der Waals surface area contributed by atoms with E-state index in [1.165, 1.54) is 11.1 Å². The van der Waals surface area contributed by atoms with Gasteiger partial charge in [-0.2, -0.15) is 5.10 Å². The van der Waals surface area contributed by atoms with Crippen LogP contribution >= 0.6 is 12.2 Å². The molecule has 0 bridgehead atoms. The maximum Gasteiger partial charge on any atom is 0.359 e. The number of nitrogens with zero attached hydrogens (tertiary/aromatic N) is 3. The van der Waals surface area contributed by atoms with Gasteiger partial charge < -0.3 is 15.0 Å². The van der Waals surface area contributed by atoms with Crippen molar-refractivity contribution in [3.05, 3.63) is 82.7 Å². The summed E-state index contributed by atoms with van der Waals surface area (Å²) in [5.41, 5.74) is 5.57. The number of carbonyl (C=O) groups excluding carboxylic acids is 1. The van der Waals surface area contributed by atoms with Crippen molar-refractivity contribution in [3.8, 4) is 5.69 Å². The van der Waals surface area contributed by atoms with Crippen molar-refractivity contribution in [3.63, 3.8) is 0 Å². The molecule has 1 aromatic heterocycles. The van der Waals surface area contributed by atoms with Crippen LogP contribution in [0.1, 0.15) is 39.8 Å². The number of hydrogen-bond donors (Lipinski definition) is 1. The van der Waals surface area contributed by atoms with Crippen molar-refractivity contribution in [1.29, 1.82) is 0 Å². The molecule has 2 aromatic carbocycles. The molecule has 0 fully saturated rings. The first-order chi connectivity index (χ1) is 15.1. The average Bonchev–Trinajstić information content (AvgIpc) is 3.18. The van der Waals surface area contributed by atoms with Crippen LogP contribution in [0.2, 0.25) is 0 Å². The Morgan fingerprint density at radius 1 is 1.16 bits per heavy atom. The van der Waals surface area contributed by atoms with Gasteiger partial charge in [-0.25, -0.2) is 9.48 Å². The summed E-state index contributed by atoms with van der Waals surface area (Å²) in [6, 6.07) is 18.3. The largest absolute Gasteiger partial charge is 0.461 e. The van der Waals surface area contributed by atoms with Crippen LogP contribution in [0, 0.1) is 6.92 Å². The van der Waals surface area contributed by atoms with Crippen molar-refractivity contribution in [1.82, 2.24) is 20.0 Å². The van der Waals surface area contributed by atoms with Crippen LogP contribution in [0.15, 0.2) is 54.6 Å². The first kappa shape index (κ1) is 21.1. The van der Waals surface area contributed by atoms with Crippen LogP contribution in [-0.2, 0) is 24.2 Å². The normalized spacial score (nSPS) is 12.9. The maximum absolute atomic E-state index is 12.6. The van der Waals surface area contributed by atoms with Crippen molar-refractivity contribution < 1.29 is 9.53 Å². The minimum absolute atomic E-state index is 0.311. The maximum atomic E-state index is 12.6. The molecule has 4 rings (SSSR count). The number of fused-ring (bicyclic) bond motifs is 1. The Labute approximate surface area is 187 Å². The summed E-state index contributed by atoms with van der Waals surface area (Å²) in [6.07, 6.45) is 0.739. The molecule has 0 spiro atoms. The second-order valence-corrected chi connectivity index (χ2v) is 7.94. The summed E-state index contributed by atoms with van der Waals surface area (Å²) in [5.74, 6) is -0.394. The fourth-order valence-corrected chi connectivity index (χ4v) is 3.97. The van der Waals surface area contributed by atoms with Gasteiger partial charge in [-0.05, 0) is 43.8 Å². The highest BCUT2D eigenvalue weighted by molar-refractivity contribution is 7.80. The summed E-state index contributed by atoms with van der Waals surface area (Å²) >= 11 is 5.65. The van der Waals surface area contributed by atoms with Gasteiger partial charge in [0.15, 0.2) is 10.8 Å². The highest BCUT2D eigenvalue weighted by atomic mass is 32.1. The summed E-state index contributed by atoms with van der Waals surface area (Å²) < 4.78 is 7.16. The van der Waals surface area contributed by atoms with Gasteiger partial charge >= 0.3 is 5.97 Å². The number of benzene rings is 2. The van der Waals surface area contributed by atoms with E-state index < -0.39 is 5.97 Å². The van der Waals surface area contributed by atoms with E-state index in [1.54, 1.807) is 6.92 Å². The Morgan fingerprint density at radius 3 is 2.61 bits per heavy atom. The summed E-state index contributed by atoms with van der Waals surface area (Å²) in [4.78, 5) is 14.7. The Bertz CT molecular complexity index is 1080. The van der Waals surface area contributed by atoms with Crippen LogP contribution in [0.5, 0.6) is 0 Å². The van der Waals surface area contributed by atoms with E-state index >= 15 is 0 Å². The SMILES string of the molecule is CCOC(=O)c1nn(-c2ccc(C)cc2)c2c1CN(C(=S)NCc1ccccc1)CC2. The summed E-state index contributed by atoms with van der Waals surface area (Å²) in [5, 5.41) is 8.65. The molecule has 160 valence electrons. The zero-order valence-corrected chi connectivity index (χ0v) is 18.6. The van der Waals surface area contributed by atoms with E-state index in [0.717, 1.165) is 29.9 Å². The molecule has 0 amide bonds. The van der Waals surface area contributed by atoms with Crippen molar-refractivity contribution >= 4 is 23.3 Å². The fraction of sp³-hybridized carbons (Fsp3) is 0.292. The molecule has 0 unspecified atom stereocenters. The Morgan fingerprint density at radius 2 is 1.90 bits per heavy atom. The lowest BCUT2D eigenvalue weighted by atomic mass is 10.0. The van der Waals surface area contributed by atoms with E-state index in [-0.39, 0.29) is 0 Å². The van der Waals surface area contributed by atoms with Crippen LogP contribution in [0.3, 0.4) is 0 Å². The molecule has 0 saturated carbocycles. The van der Waals surface area contributed by atoms with Crippen molar-refractivity contribution in [2.75, 3.05) is 13.2 Å². The predicted molar refractivity (Wildman–Crippen MR) is 124 cm³/mol. The molecular formula is C24H26N4O2S. The molecule has 31 heavy (non-hydrogen) atoms. The number of aromatic nitrogens is 2. The third-order valence-electron chi connectivity index (χ3n) is 5.38. The molecule has 3 aromatic rings. The third-order valence-corrected chi connectivity index (χ3v) is 5.78. The molecule has 0 saturated heterocycles. The third kappa shape index (κ3) is 4.61. The molecule has 0 atom stereocenters.